The maximum Gasteiger partial charge on any atom is 0.147 e. The Hall–Kier alpha value is -2.75. The first kappa shape index (κ1) is 13.0. The van der Waals surface area contributed by atoms with Crippen molar-refractivity contribution in [3.05, 3.63) is 65.4 Å². The lowest BCUT2D eigenvalue weighted by Gasteiger charge is -2.30. The number of para-hydroxylation sites is 1. The van der Waals surface area contributed by atoms with Crippen LogP contribution in [0.2, 0.25) is 0 Å². The van der Waals surface area contributed by atoms with Crippen LogP contribution in [0.4, 0.5) is 5.69 Å². The van der Waals surface area contributed by atoms with Crippen LogP contribution < -0.4 is 5.32 Å². The molecular formula is C18H17N3O. The van der Waals surface area contributed by atoms with E-state index in [9.17, 15) is 5.11 Å². The molecule has 1 unspecified atom stereocenters. The third kappa shape index (κ3) is 1.88. The van der Waals surface area contributed by atoms with E-state index in [0.717, 1.165) is 28.2 Å². The molecule has 4 heteroatoms. The Labute approximate surface area is 129 Å². The molecule has 4 nitrogen and oxygen atoms in total. The largest absolute Gasteiger partial charge is 0.508 e. The summed E-state index contributed by atoms with van der Waals surface area (Å²) >= 11 is 0. The second kappa shape index (κ2) is 4.63. The summed E-state index contributed by atoms with van der Waals surface area (Å²) in [5.41, 5.74) is 6.56. The second-order valence-corrected chi connectivity index (χ2v) is 5.75. The monoisotopic (exact) mass is 291 g/mol. The van der Waals surface area contributed by atoms with Crippen molar-refractivity contribution in [3.63, 3.8) is 0 Å². The molecule has 1 aromatic heterocycles. The van der Waals surface area contributed by atoms with Gasteiger partial charge in [-0.1, -0.05) is 30.3 Å². The van der Waals surface area contributed by atoms with Gasteiger partial charge in [-0.15, -0.1) is 0 Å². The quantitative estimate of drug-likeness (QED) is 0.716. The number of hydrogen-bond donors (Lipinski definition) is 2. The molecule has 3 aromatic rings. The molecule has 2 heterocycles. The molecule has 0 amide bonds. The van der Waals surface area contributed by atoms with Crippen molar-refractivity contribution in [1.82, 2.24) is 9.78 Å². The molecule has 0 saturated heterocycles. The number of hydrogen-bond acceptors (Lipinski definition) is 3. The van der Waals surface area contributed by atoms with Crippen LogP contribution in [-0.4, -0.2) is 14.9 Å². The van der Waals surface area contributed by atoms with Gasteiger partial charge in [0.15, 0.2) is 0 Å². The van der Waals surface area contributed by atoms with Crippen LogP contribution in [0.1, 0.15) is 23.0 Å². The zero-order valence-corrected chi connectivity index (χ0v) is 12.5. The Morgan fingerprint density at radius 1 is 1.09 bits per heavy atom. The van der Waals surface area contributed by atoms with Gasteiger partial charge in [0, 0.05) is 16.8 Å². The number of aromatic hydroxyl groups is 1. The number of rotatable bonds is 1. The van der Waals surface area contributed by atoms with E-state index < -0.39 is 0 Å². The zero-order valence-electron chi connectivity index (χ0n) is 12.5. The topological polar surface area (TPSA) is 50.1 Å². The lowest BCUT2D eigenvalue weighted by molar-refractivity contribution is 0.472. The number of aromatic nitrogens is 2. The van der Waals surface area contributed by atoms with Crippen LogP contribution in [0.5, 0.6) is 5.75 Å². The summed E-state index contributed by atoms with van der Waals surface area (Å²) in [5.74, 6) is 0.264. The van der Waals surface area contributed by atoms with Gasteiger partial charge in [-0.3, -0.25) is 0 Å². The minimum absolute atomic E-state index is 0.121. The van der Waals surface area contributed by atoms with E-state index in [1.54, 1.807) is 12.1 Å². The van der Waals surface area contributed by atoms with Crippen molar-refractivity contribution < 1.29 is 5.11 Å². The summed E-state index contributed by atoms with van der Waals surface area (Å²) in [5, 5.41) is 18.0. The molecular weight excluding hydrogens is 274 g/mol. The lowest BCUT2D eigenvalue weighted by Crippen LogP contribution is -2.26. The van der Waals surface area contributed by atoms with Gasteiger partial charge in [0.1, 0.15) is 11.9 Å². The number of benzene rings is 2. The third-order valence-corrected chi connectivity index (χ3v) is 4.12. The molecule has 4 rings (SSSR count). The molecule has 1 atom stereocenters. The minimum Gasteiger partial charge on any atom is -0.508 e. The predicted octanol–water partition coefficient (Wildman–Crippen LogP) is 3.84. The van der Waals surface area contributed by atoms with E-state index in [4.69, 9.17) is 0 Å². The Balaban J connectivity index is 1.94. The molecule has 0 spiro atoms. The number of phenols is 1. The SMILES string of the molecule is Cc1cc2n(n1)C(c1cccc(O)c1)Nc1c(C)cccc1-2. The first-order valence-corrected chi connectivity index (χ1v) is 7.35. The van der Waals surface area contributed by atoms with E-state index in [2.05, 4.69) is 41.6 Å². The average molecular weight is 291 g/mol. The van der Waals surface area contributed by atoms with Crippen molar-refractivity contribution in [2.75, 3.05) is 5.32 Å². The number of aryl methyl sites for hydroxylation is 2. The Morgan fingerprint density at radius 2 is 1.91 bits per heavy atom. The summed E-state index contributed by atoms with van der Waals surface area (Å²) in [7, 11) is 0. The smallest absolute Gasteiger partial charge is 0.147 e. The van der Waals surface area contributed by atoms with Crippen LogP contribution in [0.15, 0.2) is 48.5 Å². The van der Waals surface area contributed by atoms with Crippen LogP contribution in [0.3, 0.4) is 0 Å². The van der Waals surface area contributed by atoms with Crippen LogP contribution in [0.25, 0.3) is 11.3 Å². The fraction of sp³-hybridized carbons (Fsp3) is 0.167. The normalized spacial score (nSPS) is 15.8. The molecule has 0 radical (unpaired) electrons. The molecule has 0 saturated carbocycles. The molecule has 0 fully saturated rings. The third-order valence-electron chi connectivity index (χ3n) is 4.12. The van der Waals surface area contributed by atoms with Gasteiger partial charge in [0.2, 0.25) is 0 Å². The van der Waals surface area contributed by atoms with Crippen molar-refractivity contribution in [2.24, 2.45) is 0 Å². The van der Waals surface area contributed by atoms with Gasteiger partial charge in [-0.25, -0.2) is 4.68 Å². The molecule has 110 valence electrons. The van der Waals surface area contributed by atoms with Crippen LogP contribution >= 0.6 is 0 Å². The highest BCUT2D eigenvalue weighted by atomic mass is 16.3. The van der Waals surface area contributed by atoms with Gasteiger partial charge in [0.25, 0.3) is 0 Å². The lowest BCUT2D eigenvalue weighted by atomic mass is 10.0. The van der Waals surface area contributed by atoms with Crippen molar-refractivity contribution in [2.45, 2.75) is 20.0 Å². The highest BCUT2D eigenvalue weighted by Gasteiger charge is 2.27. The number of anilines is 1. The highest BCUT2D eigenvalue weighted by Crippen LogP contribution is 2.40. The van der Waals surface area contributed by atoms with E-state index in [1.807, 2.05) is 23.7 Å². The average Bonchev–Trinajstić information content (AvgIpc) is 2.88. The number of phenolic OH excluding ortho intramolecular Hbond substituents is 1. The Morgan fingerprint density at radius 3 is 2.73 bits per heavy atom. The fourth-order valence-electron chi connectivity index (χ4n) is 3.10. The van der Waals surface area contributed by atoms with E-state index in [0.29, 0.717) is 0 Å². The number of nitrogens with one attached hydrogen (secondary N) is 1. The molecule has 0 aliphatic carbocycles. The first-order valence-electron chi connectivity index (χ1n) is 7.35. The summed E-state index contributed by atoms with van der Waals surface area (Å²) in [6, 6.07) is 15.7. The van der Waals surface area contributed by atoms with Crippen molar-refractivity contribution >= 4 is 5.69 Å². The van der Waals surface area contributed by atoms with Gasteiger partial charge in [-0.2, -0.15) is 5.10 Å². The Bertz CT molecular complexity index is 867. The van der Waals surface area contributed by atoms with Crippen LogP contribution in [-0.2, 0) is 0 Å². The van der Waals surface area contributed by atoms with Crippen LogP contribution in [0, 0.1) is 13.8 Å². The molecule has 22 heavy (non-hydrogen) atoms. The molecule has 2 N–H and O–H groups in total. The fourth-order valence-corrected chi connectivity index (χ4v) is 3.10. The molecule has 1 aliphatic heterocycles. The second-order valence-electron chi connectivity index (χ2n) is 5.75. The highest BCUT2D eigenvalue weighted by molar-refractivity contribution is 5.81. The van der Waals surface area contributed by atoms with E-state index >= 15 is 0 Å². The molecule has 1 aliphatic rings. The summed E-state index contributed by atoms with van der Waals surface area (Å²) in [4.78, 5) is 0. The van der Waals surface area contributed by atoms with E-state index in [1.165, 1.54) is 5.56 Å². The summed E-state index contributed by atoms with van der Waals surface area (Å²) in [6.07, 6.45) is -0.121. The van der Waals surface area contributed by atoms with Crippen molar-refractivity contribution in [1.29, 1.82) is 0 Å². The zero-order chi connectivity index (χ0) is 15.3. The summed E-state index contributed by atoms with van der Waals surface area (Å²) < 4.78 is 1.99. The molecule has 2 aromatic carbocycles. The standard InChI is InChI=1S/C18H17N3O/c1-11-5-3-8-15-16-9-12(2)20-21(16)18(19-17(11)15)13-6-4-7-14(22)10-13/h3-10,18-19,22H,1-2H3. The van der Waals surface area contributed by atoms with Crippen molar-refractivity contribution in [3.8, 4) is 17.0 Å². The maximum absolute atomic E-state index is 9.79. The number of nitrogens with zero attached hydrogens (tertiary/aromatic N) is 2. The Kier molecular flexibility index (Phi) is 2.73. The first-order chi connectivity index (χ1) is 10.6. The predicted molar refractivity (Wildman–Crippen MR) is 87.0 cm³/mol. The molecule has 0 bridgehead atoms. The van der Waals surface area contributed by atoms with Gasteiger partial charge >= 0.3 is 0 Å². The van der Waals surface area contributed by atoms with E-state index in [-0.39, 0.29) is 11.9 Å². The van der Waals surface area contributed by atoms with Gasteiger partial charge in [0.05, 0.1) is 11.4 Å². The van der Waals surface area contributed by atoms with Gasteiger partial charge < -0.3 is 10.4 Å². The maximum atomic E-state index is 9.79. The number of fused-ring (bicyclic) bond motifs is 3. The minimum atomic E-state index is -0.121. The van der Waals surface area contributed by atoms with Gasteiger partial charge in [-0.05, 0) is 37.6 Å². The summed E-state index contributed by atoms with van der Waals surface area (Å²) in [6.45, 7) is 4.10.